The maximum atomic E-state index is 12.2. The largest absolute Gasteiger partial charge is 0.449 e. The Morgan fingerprint density at radius 1 is 1.17 bits per heavy atom. The Hall–Kier alpha value is -2.63. The van der Waals surface area contributed by atoms with Crippen molar-refractivity contribution in [1.29, 1.82) is 0 Å². The second-order valence-electron chi connectivity index (χ2n) is 6.72. The van der Waals surface area contributed by atoms with E-state index in [9.17, 15) is 9.59 Å². The number of aryl methyl sites for hydroxylation is 1. The lowest BCUT2D eigenvalue weighted by Gasteiger charge is -2.23. The quantitative estimate of drug-likeness (QED) is 0.875. The fraction of sp³-hybridized carbons (Fsp3) is 0.389. The van der Waals surface area contributed by atoms with E-state index in [1.54, 1.807) is 42.1 Å². The molecule has 0 spiro atoms. The van der Waals surface area contributed by atoms with Gasteiger partial charge in [-0.25, -0.2) is 9.48 Å². The highest BCUT2D eigenvalue weighted by atomic mass is 16.5. The number of carbonyl (C=O) groups excluding carboxylic acids is 2. The van der Waals surface area contributed by atoms with Crippen molar-refractivity contribution in [3.8, 4) is 5.69 Å². The highest BCUT2D eigenvalue weighted by molar-refractivity contribution is 5.92. The zero-order valence-corrected chi connectivity index (χ0v) is 14.7. The van der Waals surface area contributed by atoms with Crippen LogP contribution in [0.1, 0.15) is 43.7 Å². The molecule has 2 aromatic rings. The molecule has 0 aliphatic heterocycles. The number of hydrogen-bond donors (Lipinski definition) is 1. The number of aromatic nitrogens is 2. The van der Waals surface area contributed by atoms with Crippen molar-refractivity contribution >= 4 is 11.9 Å². The van der Waals surface area contributed by atoms with Gasteiger partial charge in [-0.1, -0.05) is 0 Å². The van der Waals surface area contributed by atoms with E-state index in [4.69, 9.17) is 4.74 Å². The fourth-order valence-corrected chi connectivity index (χ4v) is 2.13. The molecule has 0 fully saturated rings. The molecule has 24 heavy (non-hydrogen) atoms. The van der Waals surface area contributed by atoms with Gasteiger partial charge in [-0.05, 0) is 65.0 Å². The molecule has 0 bridgehead atoms. The first-order valence-electron chi connectivity index (χ1n) is 7.81. The minimum Gasteiger partial charge on any atom is -0.449 e. The maximum absolute atomic E-state index is 12.2. The standard InChI is InChI=1S/C18H23N3O3/c1-12-10-11-19-21(12)15-8-6-14(7-9-15)17(23)24-13(2)16(22)20-18(3,4)5/h6-11,13H,1-5H3,(H,20,22)/t13-/m1/s1. The van der Waals surface area contributed by atoms with Crippen molar-refractivity contribution in [3.05, 3.63) is 47.8 Å². The number of ether oxygens (including phenoxy) is 1. The third kappa shape index (κ3) is 4.44. The Bertz CT molecular complexity index is 727. The van der Waals surface area contributed by atoms with E-state index in [1.807, 2.05) is 33.8 Å². The van der Waals surface area contributed by atoms with Crippen molar-refractivity contribution < 1.29 is 14.3 Å². The number of nitrogens with zero attached hydrogens (tertiary/aromatic N) is 2. The summed E-state index contributed by atoms with van der Waals surface area (Å²) in [6.07, 6.45) is 0.859. The Labute approximate surface area is 141 Å². The number of hydrogen-bond acceptors (Lipinski definition) is 4. The lowest BCUT2D eigenvalue weighted by atomic mass is 10.1. The molecule has 1 amide bonds. The average molecular weight is 329 g/mol. The summed E-state index contributed by atoms with van der Waals surface area (Å²) >= 11 is 0. The number of esters is 1. The molecule has 1 heterocycles. The molecule has 0 aliphatic carbocycles. The van der Waals surface area contributed by atoms with Gasteiger partial charge in [0.15, 0.2) is 6.10 Å². The predicted octanol–water partition coefficient (Wildman–Crippen LogP) is 2.64. The molecule has 6 nitrogen and oxygen atoms in total. The van der Waals surface area contributed by atoms with Gasteiger partial charge in [-0.2, -0.15) is 5.10 Å². The van der Waals surface area contributed by atoms with Crippen LogP contribution in [0, 0.1) is 6.92 Å². The molecule has 1 aromatic carbocycles. The Balaban J connectivity index is 2.03. The maximum Gasteiger partial charge on any atom is 0.338 e. The second kappa shape index (κ2) is 6.86. The van der Waals surface area contributed by atoms with E-state index in [0.29, 0.717) is 5.56 Å². The molecule has 0 radical (unpaired) electrons. The summed E-state index contributed by atoms with van der Waals surface area (Å²) in [5.41, 5.74) is 1.87. The summed E-state index contributed by atoms with van der Waals surface area (Å²) in [5, 5.41) is 7.00. The van der Waals surface area contributed by atoms with E-state index >= 15 is 0 Å². The third-order valence-electron chi connectivity index (χ3n) is 3.33. The summed E-state index contributed by atoms with van der Waals surface area (Å²) in [4.78, 5) is 24.1. The van der Waals surface area contributed by atoms with Gasteiger partial charge in [0.1, 0.15) is 0 Å². The molecule has 1 aromatic heterocycles. The number of nitrogens with one attached hydrogen (secondary N) is 1. The molecule has 0 aliphatic rings. The Morgan fingerprint density at radius 3 is 2.29 bits per heavy atom. The smallest absolute Gasteiger partial charge is 0.338 e. The van der Waals surface area contributed by atoms with Crippen LogP contribution < -0.4 is 5.32 Å². The predicted molar refractivity (Wildman–Crippen MR) is 91.1 cm³/mol. The van der Waals surface area contributed by atoms with Gasteiger partial charge in [0.25, 0.3) is 5.91 Å². The molecule has 0 saturated carbocycles. The van der Waals surface area contributed by atoms with Gasteiger partial charge >= 0.3 is 5.97 Å². The Morgan fingerprint density at radius 2 is 1.79 bits per heavy atom. The summed E-state index contributed by atoms with van der Waals surface area (Å²) in [6, 6.07) is 8.80. The summed E-state index contributed by atoms with van der Waals surface area (Å²) in [6.45, 7) is 9.12. The van der Waals surface area contributed by atoms with Crippen molar-refractivity contribution in [1.82, 2.24) is 15.1 Å². The minimum absolute atomic E-state index is 0.320. The van der Waals surface area contributed by atoms with Crippen LogP contribution in [-0.2, 0) is 9.53 Å². The third-order valence-corrected chi connectivity index (χ3v) is 3.33. The normalized spacial score (nSPS) is 12.5. The lowest BCUT2D eigenvalue weighted by Crippen LogP contribution is -2.46. The topological polar surface area (TPSA) is 73.2 Å². The van der Waals surface area contributed by atoms with Crippen LogP contribution in [0.25, 0.3) is 5.69 Å². The monoisotopic (exact) mass is 329 g/mol. The van der Waals surface area contributed by atoms with Crippen LogP contribution in [-0.4, -0.2) is 33.3 Å². The highest BCUT2D eigenvalue weighted by Crippen LogP contribution is 2.13. The SMILES string of the molecule is Cc1ccnn1-c1ccc(C(=O)O[C@H](C)C(=O)NC(C)(C)C)cc1. The molecular weight excluding hydrogens is 306 g/mol. The number of rotatable bonds is 4. The van der Waals surface area contributed by atoms with E-state index < -0.39 is 12.1 Å². The first kappa shape index (κ1) is 17.7. The number of amides is 1. The van der Waals surface area contributed by atoms with Crippen molar-refractivity contribution in [2.75, 3.05) is 0 Å². The van der Waals surface area contributed by atoms with Crippen LogP contribution in [0.4, 0.5) is 0 Å². The Kier molecular flexibility index (Phi) is 5.07. The van der Waals surface area contributed by atoms with Crippen LogP contribution in [0.5, 0.6) is 0 Å². The molecule has 6 heteroatoms. The minimum atomic E-state index is -0.857. The molecule has 0 unspecified atom stereocenters. The van der Waals surface area contributed by atoms with Gasteiger partial charge in [0, 0.05) is 17.4 Å². The van der Waals surface area contributed by atoms with Crippen LogP contribution in [0.15, 0.2) is 36.5 Å². The molecule has 2 rings (SSSR count). The molecule has 1 atom stereocenters. The van der Waals surface area contributed by atoms with Crippen molar-refractivity contribution in [3.63, 3.8) is 0 Å². The van der Waals surface area contributed by atoms with E-state index in [0.717, 1.165) is 11.4 Å². The zero-order valence-electron chi connectivity index (χ0n) is 14.7. The fourth-order valence-electron chi connectivity index (χ4n) is 2.13. The van der Waals surface area contributed by atoms with Crippen LogP contribution in [0.2, 0.25) is 0 Å². The first-order chi connectivity index (χ1) is 11.2. The summed E-state index contributed by atoms with van der Waals surface area (Å²) < 4.78 is 7.00. The van der Waals surface area contributed by atoms with Crippen molar-refractivity contribution in [2.45, 2.75) is 46.3 Å². The molecule has 1 N–H and O–H groups in total. The highest BCUT2D eigenvalue weighted by Gasteiger charge is 2.22. The second-order valence-corrected chi connectivity index (χ2v) is 6.72. The first-order valence-corrected chi connectivity index (χ1v) is 7.81. The van der Waals surface area contributed by atoms with Gasteiger partial charge in [0.2, 0.25) is 0 Å². The van der Waals surface area contributed by atoms with Crippen LogP contribution in [0.3, 0.4) is 0 Å². The van der Waals surface area contributed by atoms with E-state index in [2.05, 4.69) is 10.4 Å². The number of benzene rings is 1. The molecular formula is C18H23N3O3. The van der Waals surface area contributed by atoms with E-state index in [1.165, 1.54) is 0 Å². The van der Waals surface area contributed by atoms with Gasteiger partial charge < -0.3 is 10.1 Å². The van der Waals surface area contributed by atoms with Gasteiger partial charge in [-0.3, -0.25) is 4.79 Å². The lowest BCUT2D eigenvalue weighted by molar-refractivity contribution is -0.130. The molecule has 0 saturated heterocycles. The summed E-state index contributed by atoms with van der Waals surface area (Å²) in [7, 11) is 0. The zero-order chi connectivity index (χ0) is 17.9. The van der Waals surface area contributed by atoms with Crippen molar-refractivity contribution in [2.24, 2.45) is 0 Å². The summed E-state index contributed by atoms with van der Waals surface area (Å²) in [5.74, 6) is -0.852. The van der Waals surface area contributed by atoms with Gasteiger partial charge in [0.05, 0.1) is 11.3 Å². The number of carbonyl (C=O) groups is 2. The molecule has 128 valence electrons. The average Bonchev–Trinajstić information content (AvgIpc) is 2.91. The van der Waals surface area contributed by atoms with E-state index in [-0.39, 0.29) is 11.4 Å². The van der Waals surface area contributed by atoms with Crippen LogP contribution >= 0.6 is 0 Å². The van der Waals surface area contributed by atoms with Gasteiger partial charge in [-0.15, -0.1) is 0 Å².